The summed E-state index contributed by atoms with van der Waals surface area (Å²) in [6, 6.07) is -4.35. The number of guanidine groups is 1. The molecule has 0 saturated heterocycles. The third-order valence-electron chi connectivity index (χ3n) is 5.84. The second kappa shape index (κ2) is 15.8. The number of hydrogen-bond acceptors (Lipinski definition) is 8. The summed E-state index contributed by atoms with van der Waals surface area (Å²) in [6.45, 7) is 3.93. The number of hydrogen-bond donors (Lipinski definition) is 9. The van der Waals surface area contributed by atoms with Crippen LogP contribution in [-0.2, 0) is 32.0 Å². The molecule has 0 spiro atoms. The Balaban J connectivity index is 2.13. The Bertz CT molecular complexity index is 1110. The molecule has 0 bridgehead atoms. The van der Waals surface area contributed by atoms with Crippen LogP contribution in [0.5, 0.6) is 0 Å². The van der Waals surface area contributed by atoms with Crippen molar-refractivity contribution in [3.8, 4) is 0 Å². The highest BCUT2D eigenvalue weighted by Crippen LogP contribution is 2.09. The SMILES string of the molecule is CC(C)CC(NC(=O)C(CCCN=C(N)N)NC(=O)C(N)Cc1cnc[nH]1)C(=O)NC(Cc1cnc[nH]1)C(=O)O. The Hall–Kier alpha value is -4.47. The Morgan fingerprint density at radius 3 is 1.98 bits per heavy atom. The van der Waals surface area contributed by atoms with E-state index >= 15 is 0 Å². The molecule has 2 rings (SSSR count). The van der Waals surface area contributed by atoms with E-state index in [0.29, 0.717) is 17.8 Å². The Labute approximate surface area is 231 Å². The van der Waals surface area contributed by atoms with E-state index in [9.17, 15) is 24.3 Å². The number of nitrogens with two attached hydrogens (primary N) is 3. The minimum atomic E-state index is -1.25. The summed E-state index contributed by atoms with van der Waals surface area (Å²) in [6.07, 6.45) is 6.73. The number of nitrogens with one attached hydrogen (secondary N) is 5. The summed E-state index contributed by atoms with van der Waals surface area (Å²) in [7, 11) is 0. The van der Waals surface area contributed by atoms with Crippen molar-refractivity contribution in [3.05, 3.63) is 36.4 Å². The van der Waals surface area contributed by atoms with Crippen LogP contribution in [0.2, 0.25) is 0 Å². The van der Waals surface area contributed by atoms with Crippen LogP contribution in [-0.4, -0.2) is 85.4 Å². The minimum Gasteiger partial charge on any atom is -0.480 e. The number of aromatic nitrogens is 4. The maximum Gasteiger partial charge on any atom is 0.326 e. The Morgan fingerprint density at radius 1 is 0.900 bits per heavy atom. The van der Waals surface area contributed by atoms with Crippen molar-refractivity contribution in [3.63, 3.8) is 0 Å². The molecule has 0 radical (unpaired) electrons. The van der Waals surface area contributed by atoms with E-state index in [2.05, 4.69) is 40.9 Å². The van der Waals surface area contributed by atoms with Crippen LogP contribution >= 0.6 is 0 Å². The quantitative estimate of drug-likeness (QED) is 0.0575. The van der Waals surface area contributed by atoms with Crippen molar-refractivity contribution < 1.29 is 24.3 Å². The van der Waals surface area contributed by atoms with Crippen molar-refractivity contribution in [2.75, 3.05) is 6.54 Å². The number of H-pyrrole nitrogens is 2. The Morgan fingerprint density at radius 2 is 1.45 bits per heavy atom. The van der Waals surface area contributed by atoms with Crippen LogP contribution in [0.3, 0.4) is 0 Å². The second-order valence-corrected chi connectivity index (χ2v) is 9.77. The third-order valence-corrected chi connectivity index (χ3v) is 5.84. The maximum absolute atomic E-state index is 13.3. The zero-order valence-electron chi connectivity index (χ0n) is 22.6. The first-order chi connectivity index (χ1) is 19.0. The van der Waals surface area contributed by atoms with Gasteiger partial charge in [-0.2, -0.15) is 0 Å². The summed E-state index contributed by atoms with van der Waals surface area (Å²) >= 11 is 0. The minimum absolute atomic E-state index is 0.0235. The standard InChI is InChI=1S/C24H39N11O5/c1-13(2)6-18(22(38)35-19(23(39)40)8-15-10-29-12-32-15)34-21(37)17(4-3-5-30-24(26)27)33-20(36)16(25)7-14-9-28-11-31-14/h9-13,16-19H,3-8,25H2,1-2H3,(H,28,31)(H,29,32)(H,33,36)(H,34,37)(H,35,38)(H,39,40)(H4,26,27,30). The van der Waals surface area contributed by atoms with Crippen molar-refractivity contribution in [1.29, 1.82) is 0 Å². The molecule has 3 amide bonds. The molecule has 220 valence electrons. The van der Waals surface area contributed by atoms with E-state index in [1.165, 1.54) is 18.9 Å². The summed E-state index contributed by atoms with van der Waals surface area (Å²) in [5, 5.41) is 17.4. The molecule has 0 saturated carbocycles. The molecule has 0 aromatic carbocycles. The van der Waals surface area contributed by atoms with E-state index in [4.69, 9.17) is 17.2 Å². The number of carbonyl (C=O) groups excluding carboxylic acids is 3. The average molecular weight is 562 g/mol. The van der Waals surface area contributed by atoms with Crippen LogP contribution < -0.4 is 33.2 Å². The van der Waals surface area contributed by atoms with Gasteiger partial charge in [-0.15, -0.1) is 0 Å². The van der Waals surface area contributed by atoms with Crippen molar-refractivity contribution in [1.82, 2.24) is 35.9 Å². The van der Waals surface area contributed by atoms with Gasteiger partial charge in [-0.05, 0) is 25.2 Å². The third kappa shape index (κ3) is 11.1. The molecule has 40 heavy (non-hydrogen) atoms. The van der Waals surface area contributed by atoms with Crippen LogP contribution in [0.4, 0.5) is 0 Å². The van der Waals surface area contributed by atoms with Crippen LogP contribution in [0.15, 0.2) is 30.0 Å². The Kier molecular flexibility index (Phi) is 12.6. The topological polar surface area (TPSA) is 272 Å². The molecule has 16 nitrogen and oxygen atoms in total. The molecule has 2 heterocycles. The van der Waals surface area contributed by atoms with Crippen LogP contribution in [0.1, 0.15) is 44.5 Å². The number of imidazole rings is 2. The van der Waals surface area contributed by atoms with Gasteiger partial charge in [0.25, 0.3) is 0 Å². The van der Waals surface area contributed by atoms with Gasteiger partial charge in [0.1, 0.15) is 18.1 Å². The van der Waals surface area contributed by atoms with Crippen molar-refractivity contribution in [2.45, 2.75) is 70.1 Å². The number of carboxylic acids is 1. The van der Waals surface area contributed by atoms with Gasteiger partial charge in [-0.1, -0.05) is 13.8 Å². The van der Waals surface area contributed by atoms with Crippen LogP contribution in [0, 0.1) is 5.92 Å². The molecule has 16 heteroatoms. The van der Waals surface area contributed by atoms with E-state index in [1.54, 1.807) is 6.20 Å². The number of aliphatic carboxylic acids is 1. The molecular weight excluding hydrogens is 522 g/mol. The van der Waals surface area contributed by atoms with Gasteiger partial charge in [0.15, 0.2) is 5.96 Å². The van der Waals surface area contributed by atoms with Gasteiger partial charge >= 0.3 is 5.97 Å². The fourth-order valence-electron chi connectivity index (χ4n) is 3.84. The monoisotopic (exact) mass is 561 g/mol. The molecule has 0 aliphatic heterocycles. The predicted octanol–water partition coefficient (Wildman–Crippen LogP) is -2.12. The lowest BCUT2D eigenvalue weighted by molar-refractivity contribution is -0.142. The zero-order chi connectivity index (χ0) is 29.7. The number of aliphatic imine (C=N–C) groups is 1. The van der Waals surface area contributed by atoms with Gasteiger partial charge in [-0.25, -0.2) is 14.8 Å². The molecule has 0 fully saturated rings. The molecular formula is C24H39N11O5. The van der Waals surface area contributed by atoms with Gasteiger partial charge in [0, 0.05) is 43.2 Å². The molecule has 2 aromatic heterocycles. The normalized spacial score (nSPS) is 14.0. The van der Waals surface area contributed by atoms with Gasteiger partial charge in [0.05, 0.1) is 18.7 Å². The predicted molar refractivity (Wildman–Crippen MR) is 145 cm³/mol. The van der Waals surface area contributed by atoms with Gasteiger partial charge < -0.3 is 48.2 Å². The lowest BCUT2D eigenvalue weighted by atomic mass is 10.0. The fraction of sp³-hybridized carbons (Fsp3) is 0.542. The van der Waals surface area contributed by atoms with Gasteiger partial charge in [0.2, 0.25) is 17.7 Å². The van der Waals surface area contributed by atoms with E-state index in [0.717, 1.165) is 0 Å². The first-order valence-corrected chi connectivity index (χ1v) is 12.9. The van der Waals surface area contributed by atoms with E-state index in [-0.39, 0.29) is 44.1 Å². The molecule has 0 aliphatic rings. The van der Waals surface area contributed by atoms with Crippen molar-refractivity contribution >= 4 is 29.7 Å². The first kappa shape index (κ1) is 31.7. The number of rotatable bonds is 17. The van der Waals surface area contributed by atoms with Crippen molar-refractivity contribution in [2.24, 2.45) is 28.1 Å². The number of carboxylic acid groups (broad SMARTS) is 1. The fourth-order valence-corrected chi connectivity index (χ4v) is 3.84. The lowest BCUT2D eigenvalue weighted by Crippen LogP contribution is -2.57. The average Bonchev–Trinajstić information content (AvgIpc) is 3.58. The summed E-state index contributed by atoms with van der Waals surface area (Å²) in [5.74, 6) is -3.25. The molecule has 2 aromatic rings. The summed E-state index contributed by atoms with van der Waals surface area (Å²) < 4.78 is 0. The van der Waals surface area contributed by atoms with Gasteiger partial charge in [-0.3, -0.25) is 19.4 Å². The number of carbonyl (C=O) groups is 4. The number of amides is 3. The maximum atomic E-state index is 13.3. The summed E-state index contributed by atoms with van der Waals surface area (Å²) in [4.78, 5) is 68.4. The van der Waals surface area contributed by atoms with E-state index < -0.39 is 47.9 Å². The highest BCUT2D eigenvalue weighted by Gasteiger charge is 2.31. The molecule has 0 aliphatic carbocycles. The zero-order valence-corrected chi connectivity index (χ0v) is 22.6. The molecule has 4 atom stereocenters. The van der Waals surface area contributed by atoms with E-state index in [1.807, 2.05) is 13.8 Å². The summed E-state index contributed by atoms with van der Waals surface area (Å²) in [5.41, 5.74) is 17.9. The molecule has 12 N–H and O–H groups in total. The lowest BCUT2D eigenvalue weighted by Gasteiger charge is -2.26. The number of nitrogens with zero attached hydrogens (tertiary/aromatic N) is 3. The first-order valence-electron chi connectivity index (χ1n) is 12.9. The second-order valence-electron chi connectivity index (χ2n) is 9.77. The largest absolute Gasteiger partial charge is 0.480 e. The number of aromatic amines is 2. The smallest absolute Gasteiger partial charge is 0.326 e. The highest BCUT2D eigenvalue weighted by atomic mass is 16.4. The molecule has 4 unspecified atom stereocenters. The van der Waals surface area contributed by atoms with Crippen LogP contribution in [0.25, 0.3) is 0 Å². The highest BCUT2D eigenvalue weighted by molar-refractivity contribution is 5.94.